The standard InChI is InChI=1S/C17H28N2O2/c1-6-18-14(5)15-7-8-16(13(4)11-15)21-10-9-17(20)19-12(2)3/h7-8,11-12,14,18H,6,9-10H2,1-5H3,(H,19,20). The highest BCUT2D eigenvalue weighted by atomic mass is 16.5. The molecule has 0 radical (unpaired) electrons. The molecule has 0 bridgehead atoms. The Bertz CT molecular complexity index is 458. The monoisotopic (exact) mass is 292 g/mol. The molecule has 1 aromatic carbocycles. The molecule has 1 amide bonds. The zero-order chi connectivity index (χ0) is 15.8. The molecule has 0 spiro atoms. The van der Waals surface area contributed by atoms with Gasteiger partial charge in [0.1, 0.15) is 5.75 Å². The summed E-state index contributed by atoms with van der Waals surface area (Å²) in [4.78, 5) is 11.5. The smallest absolute Gasteiger partial charge is 0.223 e. The summed E-state index contributed by atoms with van der Waals surface area (Å²) >= 11 is 0. The molecule has 21 heavy (non-hydrogen) atoms. The number of rotatable bonds is 8. The zero-order valence-corrected chi connectivity index (χ0v) is 13.8. The first kappa shape index (κ1) is 17.5. The first-order valence-electron chi connectivity index (χ1n) is 7.70. The Balaban J connectivity index is 2.51. The number of benzene rings is 1. The lowest BCUT2D eigenvalue weighted by atomic mass is 10.1. The van der Waals surface area contributed by atoms with Crippen molar-refractivity contribution < 1.29 is 9.53 Å². The Labute approximate surface area is 128 Å². The van der Waals surface area contributed by atoms with E-state index in [0.29, 0.717) is 19.1 Å². The van der Waals surface area contributed by atoms with E-state index in [4.69, 9.17) is 4.74 Å². The Kier molecular flexibility index (Phi) is 7.23. The Morgan fingerprint density at radius 2 is 2.00 bits per heavy atom. The molecule has 0 aliphatic rings. The van der Waals surface area contributed by atoms with Crippen LogP contribution < -0.4 is 15.4 Å². The molecule has 4 heteroatoms. The second kappa shape index (κ2) is 8.67. The van der Waals surface area contributed by atoms with Crippen molar-refractivity contribution in [3.05, 3.63) is 29.3 Å². The van der Waals surface area contributed by atoms with E-state index in [1.807, 2.05) is 26.8 Å². The van der Waals surface area contributed by atoms with Gasteiger partial charge in [0.2, 0.25) is 5.91 Å². The highest BCUT2D eigenvalue weighted by molar-refractivity contribution is 5.76. The van der Waals surface area contributed by atoms with Crippen molar-refractivity contribution in [3.63, 3.8) is 0 Å². The quantitative estimate of drug-likeness (QED) is 0.774. The number of nitrogens with one attached hydrogen (secondary N) is 2. The van der Waals surface area contributed by atoms with Gasteiger partial charge >= 0.3 is 0 Å². The number of ether oxygens (including phenoxy) is 1. The van der Waals surface area contributed by atoms with E-state index in [1.165, 1.54) is 5.56 Å². The van der Waals surface area contributed by atoms with Crippen molar-refractivity contribution in [2.24, 2.45) is 0 Å². The Morgan fingerprint density at radius 1 is 1.29 bits per heavy atom. The molecule has 0 aromatic heterocycles. The summed E-state index contributed by atoms with van der Waals surface area (Å²) in [6.07, 6.45) is 0.382. The second-order valence-corrected chi connectivity index (χ2v) is 5.62. The molecule has 1 aromatic rings. The van der Waals surface area contributed by atoms with Crippen LogP contribution >= 0.6 is 0 Å². The van der Waals surface area contributed by atoms with Crippen molar-refractivity contribution in [1.82, 2.24) is 10.6 Å². The molecule has 2 N–H and O–H groups in total. The fourth-order valence-corrected chi connectivity index (χ4v) is 2.18. The molecule has 1 rings (SSSR count). The van der Waals surface area contributed by atoms with Crippen molar-refractivity contribution in [2.45, 2.75) is 53.1 Å². The molecule has 0 heterocycles. The van der Waals surface area contributed by atoms with Gasteiger partial charge in [0.05, 0.1) is 13.0 Å². The number of aryl methyl sites for hydroxylation is 1. The van der Waals surface area contributed by atoms with Crippen molar-refractivity contribution >= 4 is 5.91 Å². The van der Waals surface area contributed by atoms with Crippen LogP contribution in [0.3, 0.4) is 0 Å². The largest absolute Gasteiger partial charge is 0.493 e. The molecule has 0 saturated carbocycles. The maximum Gasteiger partial charge on any atom is 0.223 e. The van der Waals surface area contributed by atoms with E-state index < -0.39 is 0 Å². The predicted octanol–water partition coefficient (Wildman–Crippen LogP) is 2.96. The number of hydrogen-bond donors (Lipinski definition) is 2. The van der Waals surface area contributed by atoms with Crippen molar-refractivity contribution in [2.75, 3.05) is 13.2 Å². The van der Waals surface area contributed by atoms with Crippen LogP contribution in [0.4, 0.5) is 0 Å². The van der Waals surface area contributed by atoms with Gasteiger partial charge in [-0.05, 0) is 51.4 Å². The summed E-state index contributed by atoms with van der Waals surface area (Å²) in [6, 6.07) is 6.70. The summed E-state index contributed by atoms with van der Waals surface area (Å²) in [7, 11) is 0. The van der Waals surface area contributed by atoms with Crippen molar-refractivity contribution in [1.29, 1.82) is 0 Å². The maximum absolute atomic E-state index is 11.5. The summed E-state index contributed by atoms with van der Waals surface area (Å²) in [5.41, 5.74) is 2.35. The lowest BCUT2D eigenvalue weighted by Gasteiger charge is -2.16. The third-order valence-corrected chi connectivity index (χ3v) is 3.25. The molecular formula is C17H28N2O2. The summed E-state index contributed by atoms with van der Waals surface area (Å²) < 4.78 is 5.70. The van der Waals surface area contributed by atoms with E-state index >= 15 is 0 Å². The number of carbonyl (C=O) groups excluding carboxylic acids is 1. The van der Waals surface area contributed by atoms with Gasteiger partial charge in [-0.3, -0.25) is 4.79 Å². The number of carbonyl (C=O) groups is 1. The van der Waals surface area contributed by atoms with Gasteiger partial charge in [-0.25, -0.2) is 0 Å². The van der Waals surface area contributed by atoms with Crippen LogP contribution in [-0.4, -0.2) is 25.1 Å². The van der Waals surface area contributed by atoms with Crippen LogP contribution in [-0.2, 0) is 4.79 Å². The molecule has 0 fully saturated rings. The minimum Gasteiger partial charge on any atom is -0.493 e. The van der Waals surface area contributed by atoms with E-state index in [0.717, 1.165) is 17.9 Å². The summed E-state index contributed by atoms with van der Waals surface area (Å²) in [5, 5.41) is 6.25. The third kappa shape index (κ3) is 6.17. The normalized spacial score (nSPS) is 12.3. The molecule has 1 atom stereocenters. The summed E-state index contributed by atoms with van der Waals surface area (Å²) in [6.45, 7) is 11.5. The van der Waals surface area contributed by atoms with Gasteiger partial charge in [-0.1, -0.05) is 19.1 Å². The number of hydrogen-bond acceptors (Lipinski definition) is 3. The van der Waals surface area contributed by atoms with E-state index in [9.17, 15) is 4.79 Å². The van der Waals surface area contributed by atoms with Gasteiger partial charge in [-0.2, -0.15) is 0 Å². The van der Waals surface area contributed by atoms with Gasteiger partial charge in [0.15, 0.2) is 0 Å². The Hall–Kier alpha value is -1.55. The molecule has 0 aliphatic heterocycles. The van der Waals surface area contributed by atoms with Crippen molar-refractivity contribution in [3.8, 4) is 5.75 Å². The maximum atomic E-state index is 11.5. The lowest BCUT2D eigenvalue weighted by molar-refractivity contribution is -0.122. The third-order valence-electron chi connectivity index (χ3n) is 3.25. The average molecular weight is 292 g/mol. The minimum absolute atomic E-state index is 0.0278. The molecule has 0 saturated heterocycles. The molecule has 0 aliphatic carbocycles. The van der Waals surface area contributed by atoms with E-state index in [2.05, 4.69) is 36.6 Å². The van der Waals surface area contributed by atoms with Gasteiger partial charge in [0.25, 0.3) is 0 Å². The van der Waals surface area contributed by atoms with Crippen LogP contribution in [0.5, 0.6) is 5.75 Å². The van der Waals surface area contributed by atoms with E-state index in [-0.39, 0.29) is 11.9 Å². The molecule has 118 valence electrons. The highest BCUT2D eigenvalue weighted by Gasteiger charge is 2.08. The first-order chi connectivity index (χ1) is 9.93. The Morgan fingerprint density at radius 3 is 2.57 bits per heavy atom. The fraction of sp³-hybridized carbons (Fsp3) is 0.588. The predicted molar refractivity (Wildman–Crippen MR) is 86.7 cm³/mol. The lowest BCUT2D eigenvalue weighted by Crippen LogP contribution is -2.31. The molecule has 4 nitrogen and oxygen atoms in total. The van der Waals surface area contributed by atoms with Crippen LogP contribution in [0.2, 0.25) is 0 Å². The highest BCUT2D eigenvalue weighted by Crippen LogP contribution is 2.22. The van der Waals surface area contributed by atoms with Crippen LogP contribution in [0.1, 0.15) is 51.3 Å². The fourth-order valence-electron chi connectivity index (χ4n) is 2.18. The topological polar surface area (TPSA) is 50.4 Å². The van der Waals surface area contributed by atoms with Crippen LogP contribution in [0.15, 0.2) is 18.2 Å². The number of amides is 1. The molecule has 1 unspecified atom stereocenters. The summed E-state index contributed by atoms with van der Waals surface area (Å²) in [5.74, 6) is 0.875. The van der Waals surface area contributed by atoms with Gasteiger partial charge in [-0.15, -0.1) is 0 Å². The van der Waals surface area contributed by atoms with Gasteiger partial charge < -0.3 is 15.4 Å². The zero-order valence-electron chi connectivity index (χ0n) is 13.8. The average Bonchev–Trinajstić information content (AvgIpc) is 2.40. The minimum atomic E-state index is 0.0278. The van der Waals surface area contributed by atoms with Crippen LogP contribution in [0, 0.1) is 6.92 Å². The first-order valence-corrected chi connectivity index (χ1v) is 7.70. The van der Waals surface area contributed by atoms with Crippen LogP contribution in [0.25, 0.3) is 0 Å². The SMILES string of the molecule is CCNC(C)c1ccc(OCCC(=O)NC(C)C)c(C)c1. The van der Waals surface area contributed by atoms with E-state index in [1.54, 1.807) is 0 Å². The second-order valence-electron chi connectivity index (χ2n) is 5.62. The van der Waals surface area contributed by atoms with Gasteiger partial charge in [0, 0.05) is 12.1 Å². The molecular weight excluding hydrogens is 264 g/mol.